The summed E-state index contributed by atoms with van der Waals surface area (Å²) in [6.45, 7) is 0. The molecule has 3 rings (SSSR count). The fourth-order valence-corrected chi connectivity index (χ4v) is 3.40. The highest BCUT2D eigenvalue weighted by molar-refractivity contribution is 9.10. The van der Waals surface area contributed by atoms with Crippen molar-refractivity contribution in [1.29, 1.82) is 0 Å². The molecule has 0 spiro atoms. The molecule has 0 atom stereocenters. The van der Waals surface area contributed by atoms with Crippen molar-refractivity contribution in [1.82, 2.24) is 15.3 Å². The van der Waals surface area contributed by atoms with Gasteiger partial charge in [-0.1, -0.05) is 28.1 Å². The lowest BCUT2D eigenvalue weighted by Gasteiger charge is -2.26. The summed E-state index contributed by atoms with van der Waals surface area (Å²) in [5.41, 5.74) is 2.29. The molecule has 4 heteroatoms. The largest absolute Gasteiger partial charge is 0.342 e. The Balaban J connectivity index is 1.74. The van der Waals surface area contributed by atoms with E-state index in [4.69, 9.17) is 0 Å². The topological polar surface area (TPSA) is 40.7 Å². The average Bonchev–Trinajstić information content (AvgIpc) is 2.97. The van der Waals surface area contributed by atoms with Crippen LogP contribution >= 0.6 is 15.9 Å². The molecule has 1 aliphatic carbocycles. The predicted octanol–water partition coefficient (Wildman–Crippen LogP) is 4.08. The summed E-state index contributed by atoms with van der Waals surface area (Å²) in [6.07, 6.45) is 6.89. The number of halogens is 1. The molecule has 1 heterocycles. The van der Waals surface area contributed by atoms with Gasteiger partial charge in [0, 0.05) is 22.0 Å². The summed E-state index contributed by atoms with van der Waals surface area (Å²) in [6, 6.07) is 9.01. The first-order valence-electron chi connectivity index (χ1n) is 7.24. The molecule has 0 bridgehead atoms. The zero-order valence-electron chi connectivity index (χ0n) is 11.7. The number of hydrogen-bond donors (Lipinski definition) is 2. The van der Waals surface area contributed by atoms with Crippen molar-refractivity contribution in [3.8, 4) is 11.3 Å². The smallest absolute Gasteiger partial charge is 0.109 e. The van der Waals surface area contributed by atoms with E-state index in [0.29, 0.717) is 12.0 Å². The summed E-state index contributed by atoms with van der Waals surface area (Å²) in [7, 11) is 2.06. The van der Waals surface area contributed by atoms with Crippen molar-refractivity contribution in [3.05, 3.63) is 40.8 Å². The fraction of sp³-hybridized carbons (Fsp3) is 0.438. The quantitative estimate of drug-likeness (QED) is 0.888. The number of hydrogen-bond acceptors (Lipinski definition) is 2. The van der Waals surface area contributed by atoms with E-state index in [1.807, 2.05) is 12.3 Å². The number of nitrogens with zero attached hydrogens (tertiary/aromatic N) is 1. The van der Waals surface area contributed by atoms with Crippen molar-refractivity contribution >= 4 is 15.9 Å². The van der Waals surface area contributed by atoms with Crippen molar-refractivity contribution in [2.75, 3.05) is 7.05 Å². The molecule has 0 amide bonds. The lowest BCUT2D eigenvalue weighted by atomic mass is 9.86. The first-order valence-corrected chi connectivity index (χ1v) is 8.03. The van der Waals surface area contributed by atoms with Crippen LogP contribution in [0, 0.1) is 0 Å². The second-order valence-electron chi connectivity index (χ2n) is 5.53. The zero-order chi connectivity index (χ0) is 13.9. The first kappa shape index (κ1) is 13.8. The third-order valence-electron chi connectivity index (χ3n) is 4.25. The lowest BCUT2D eigenvalue weighted by molar-refractivity contribution is 0.352. The number of aromatic nitrogens is 2. The van der Waals surface area contributed by atoms with Crippen molar-refractivity contribution in [2.45, 2.75) is 37.6 Å². The molecule has 2 N–H and O–H groups in total. The molecular formula is C16H20BrN3. The molecule has 0 unspecified atom stereocenters. The highest BCUT2D eigenvalue weighted by atomic mass is 79.9. The number of nitrogens with one attached hydrogen (secondary N) is 2. The Bertz CT molecular complexity index is 571. The molecule has 1 fully saturated rings. The third kappa shape index (κ3) is 2.96. The van der Waals surface area contributed by atoms with Crippen molar-refractivity contribution in [3.63, 3.8) is 0 Å². The van der Waals surface area contributed by atoms with Gasteiger partial charge in [0.2, 0.25) is 0 Å². The van der Waals surface area contributed by atoms with Crippen LogP contribution in [0.5, 0.6) is 0 Å². The molecule has 1 aromatic carbocycles. The van der Waals surface area contributed by atoms with Crippen LogP contribution < -0.4 is 5.32 Å². The van der Waals surface area contributed by atoms with Gasteiger partial charge in [-0.2, -0.15) is 0 Å². The molecule has 0 aliphatic heterocycles. The maximum Gasteiger partial charge on any atom is 0.109 e. The number of aromatic amines is 1. The van der Waals surface area contributed by atoms with E-state index in [0.717, 1.165) is 16.0 Å². The highest BCUT2D eigenvalue weighted by Gasteiger charge is 2.23. The molecule has 1 aliphatic rings. The molecule has 3 nitrogen and oxygen atoms in total. The van der Waals surface area contributed by atoms with Crippen LogP contribution in [0.1, 0.15) is 37.4 Å². The molecule has 0 radical (unpaired) electrons. The second-order valence-corrected chi connectivity index (χ2v) is 6.45. The molecule has 1 saturated carbocycles. The monoisotopic (exact) mass is 333 g/mol. The Morgan fingerprint density at radius 2 is 2.05 bits per heavy atom. The molecule has 0 saturated heterocycles. The van der Waals surface area contributed by atoms with E-state index in [1.165, 1.54) is 31.2 Å². The highest BCUT2D eigenvalue weighted by Crippen LogP contribution is 2.32. The molecule has 20 heavy (non-hydrogen) atoms. The van der Waals surface area contributed by atoms with E-state index in [9.17, 15) is 0 Å². The van der Waals surface area contributed by atoms with Crippen LogP contribution in [-0.4, -0.2) is 23.1 Å². The summed E-state index contributed by atoms with van der Waals surface area (Å²) in [4.78, 5) is 8.11. The van der Waals surface area contributed by atoms with E-state index in [1.54, 1.807) is 0 Å². The molecule has 1 aromatic heterocycles. The maximum absolute atomic E-state index is 4.61. The van der Waals surface area contributed by atoms with Gasteiger partial charge in [-0.3, -0.25) is 0 Å². The van der Waals surface area contributed by atoms with Gasteiger partial charge < -0.3 is 10.3 Å². The Labute approximate surface area is 128 Å². The van der Waals surface area contributed by atoms with E-state index < -0.39 is 0 Å². The normalized spacial score (nSPS) is 22.9. The number of benzene rings is 1. The van der Waals surface area contributed by atoms with Crippen LogP contribution in [0.4, 0.5) is 0 Å². The Hall–Kier alpha value is -1.13. The van der Waals surface area contributed by atoms with Crippen LogP contribution in [0.2, 0.25) is 0 Å². The minimum absolute atomic E-state index is 0.584. The van der Waals surface area contributed by atoms with E-state index >= 15 is 0 Å². The molecular weight excluding hydrogens is 314 g/mol. The summed E-state index contributed by atoms with van der Waals surface area (Å²) in [5.74, 6) is 1.73. The van der Waals surface area contributed by atoms with Crippen molar-refractivity contribution in [2.24, 2.45) is 0 Å². The predicted molar refractivity (Wildman–Crippen MR) is 85.8 cm³/mol. The van der Waals surface area contributed by atoms with Gasteiger partial charge in [0.25, 0.3) is 0 Å². The second kappa shape index (κ2) is 6.10. The van der Waals surface area contributed by atoms with Gasteiger partial charge >= 0.3 is 0 Å². The Morgan fingerprint density at radius 3 is 2.75 bits per heavy atom. The molecule has 2 aromatic rings. The fourth-order valence-electron chi connectivity index (χ4n) is 3.00. The van der Waals surface area contributed by atoms with Gasteiger partial charge in [0.05, 0.1) is 11.9 Å². The molecule has 106 valence electrons. The number of rotatable bonds is 3. The van der Waals surface area contributed by atoms with Crippen LogP contribution in [0.25, 0.3) is 11.3 Å². The van der Waals surface area contributed by atoms with Gasteiger partial charge in [0.1, 0.15) is 5.82 Å². The standard InChI is InChI=1S/C16H20BrN3/c1-18-14-7-5-11(6-8-14)16-19-10-15(20-16)12-3-2-4-13(17)9-12/h2-4,9-11,14,18H,5-8H2,1H3,(H,19,20). The van der Waals surface area contributed by atoms with Crippen LogP contribution in [0.15, 0.2) is 34.9 Å². The average molecular weight is 334 g/mol. The van der Waals surface area contributed by atoms with Gasteiger partial charge in [-0.15, -0.1) is 0 Å². The number of imidazole rings is 1. The van der Waals surface area contributed by atoms with E-state index in [2.05, 4.69) is 56.5 Å². The number of H-pyrrole nitrogens is 1. The van der Waals surface area contributed by atoms with Gasteiger partial charge in [-0.25, -0.2) is 4.98 Å². The summed E-state index contributed by atoms with van der Waals surface area (Å²) < 4.78 is 1.10. The van der Waals surface area contributed by atoms with Gasteiger partial charge in [0.15, 0.2) is 0 Å². The van der Waals surface area contributed by atoms with Crippen LogP contribution in [-0.2, 0) is 0 Å². The SMILES string of the molecule is CNC1CCC(c2ncc(-c3cccc(Br)c3)[nH]2)CC1. The van der Waals surface area contributed by atoms with Gasteiger partial charge in [-0.05, 0) is 44.9 Å². The minimum Gasteiger partial charge on any atom is -0.342 e. The summed E-state index contributed by atoms with van der Waals surface area (Å²) >= 11 is 3.52. The van der Waals surface area contributed by atoms with Crippen molar-refractivity contribution < 1.29 is 0 Å². The lowest BCUT2D eigenvalue weighted by Crippen LogP contribution is -2.29. The zero-order valence-corrected chi connectivity index (χ0v) is 13.3. The van der Waals surface area contributed by atoms with Crippen LogP contribution in [0.3, 0.4) is 0 Å². The van der Waals surface area contributed by atoms with E-state index in [-0.39, 0.29) is 0 Å². The Kier molecular flexibility index (Phi) is 4.22. The maximum atomic E-state index is 4.61. The Morgan fingerprint density at radius 1 is 1.25 bits per heavy atom. The minimum atomic E-state index is 0.584. The third-order valence-corrected chi connectivity index (χ3v) is 4.75. The first-order chi connectivity index (χ1) is 9.76. The summed E-state index contributed by atoms with van der Waals surface area (Å²) in [5, 5.41) is 3.38.